The number of aliphatic imine (C=N–C) groups is 1. The Balaban J connectivity index is 2.50. The Labute approximate surface area is 122 Å². The first-order chi connectivity index (χ1) is 9.65. The minimum atomic E-state index is 0.0530. The zero-order chi connectivity index (χ0) is 14.8. The van der Waals surface area contributed by atoms with E-state index in [0.717, 1.165) is 32.4 Å². The van der Waals surface area contributed by atoms with Crippen LogP contribution in [0.2, 0.25) is 0 Å². The maximum atomic E-state index is 12.4. The Morgan fingerprint density at radius 1 is 1.30 bits per heavy atom. The largest absolute Gasteiger partial charge is 0.370 e. The molecule has 0 unspecified atom stereocenters. The topological polar surface area (TPSA) is 96.7 Å². The van der Waals surface area contributed by atoms with Gasteiger partial charge >= 0.3 is 0 Å². The molecule has 5 N–H and O–H groups in total. The second kappa shape index (κ2) is 9.58. The van der Waals surface area contributed by atoms with Gasteiger partial charge in [-0.3, -0.25) is 9.79 Å². The van der Waals surface area contributed by atoms with Crippen LogP contribution in [0, 0.1) is 0 Å². The fourth-order valence-corrected chi connectivity index (χ4v) is 2.75. The third-order valence-corrected chi connectivity index (χ3v) is 3.78. The lowest BCUT2D eigenvalue weighted by Gasteiger charge is -2.34. The first-order valence-electron chi connectivity index (χ1n) is 7.64. The van der Waals surface area contributed by atoms with Crippen molar-refractivity contribution in [3.8, 4) is 0 Å². The maximum Gasteiger partial charge on any atom is 0.224 e. The average molecular weight is 283 g/mol. The van der Waals surface area contributed by atoms with Gasteiger partial charge in [0.25, 0.3) is 0 Å². The Bertz CT molecular complexity index is 309. The van der Waals surface area contributed by atoms with Crippen molar-refractivity contribution in [2.45, 2.75) is 51.0 Å². The molecule has 0 saturated heterocycles. The van der Waals surface area contributed by atoms with Crippen LogP contribution < -0.4 is 16.8 Å². The van der Waals surface area contributed by atoms with Crippen LogP contribution in [0.3, 0.4) is 0 Å². The molecule has 0 bridgehead atoms. The Morgan fingerprint density at radius 3 is 2.60 bits per heavy atom. The fraction of sp³-hybridized carbons (Fsp3) is 0.857. The highest BCUT2D eigenvalue weighted by molar-refractivity contribution is 5.78. The normalized spacial score (nSPS) is 15.8. The number of carbonyl (C=O) groups excluding carboxylic acids is 1. The second-order valence-electron chi connectivity index (χ2n) is 5.39. The van der Waals surface area contributed by atoms with Crippen LogP contribution in [0.4, 0.5) is 0 Å². The standard InChI is InChI=1S/C14H29N5O/c1-17-9-5-11-19(12-6-3-2-4-7-12)13(20)8-10-18-14(15)16/h12,17H,2-11H2,1H3,(H4,15,16,18). The van der Waals surface area contributed by atoms with Crippen LogP contribution in [-0.2, 0) is 4.79 Å². The van der Waals surface area contributed by atoms with Crippen LogP contribution in [0.1, 0.15) is 44.9 Å². The maximum absolute atomic E-state index is 12.4. The zero-order valence-corrected chi connectivity index (χ0v) is 12.6. The van der Waals surface area contributed by atoms with E-state index in [2.05, 4.69) is 15.2 Å². The quantitative estimate of drug-likeness (QED) is 0.342. The lowest BCUT2D eigenvalue weighted by molar-refractivity contribution is -0.134. The Morgan fingerprint density at radius 2 is 2.00 bits per heavy atom. The molecule has 0 aromatic carbocycles. The summed E-state index contributed by atoms with van der Waals surface area (Å²) in [6.45, 7) is 2.15. The van der Waals surface area contributed by atoms with E-state index < -0.39 is 0 Å². The van der Waals surface area contributed by atoms with Crippen molar-refractivity contribution in [3.05, 3.63) is 0 Å². The molecule has 0 aromatic heterocycles. The predicted octanol–water partition coefficient (Wildman–Crippen LogP) is 0.421. The van der Waals surface area contributed by atoms with Crippen molar-refractivity contribution in [1.29, 1.82) is 0 Å². The summed E-state index contributed by atoms with van der Waals surface area (Å²) < 4.78 is 0. The van der Waals surface area contributed by atoms with E-state index in [9.17, 15) is 4.79 Å². The number of nitrogens with zero attached hydrogens (tertiary/aromatic N) is 2. The first kappa shape index (κ1) is 16.8. The number of nitrogens with one attached hydrogen (secondary N) is 1. The van der Waals surface area contributed by atoms with Crippen molar-refractivity contribution >= 4 is 11.9 Å². The zero-order valence-electron chi connectivity index (χ0n) is 12.6. The van der Waals surface area contributed by atoms with E-state index >= 15 is 0 Å². The highest BCUT2D eigenvalue weighted by Crippen LogP contribution is 2.23. The smallest absolute Gasteiger partial charge is 0.224 e. The summed E-state index contributed by atoms with van der Waals surface area (Å²) in [6, 6.07) is 0.410. The SMILES string of the molecule is CNCCCN(C(=O)CCN=C(N)N)C1CCCCC1. The monoisotopic (exact) mass is 283 g/mol. The number of amides is 1. The van der Waals surface area contributed by atoms with Gasteiger partial charge < -0.3 is 21.7 Å². The molecule has 1 fully saturated rings. The van der Waals surface area contributed by atoms with Gasteiger partial charge in [0.05, 0.1) is 6.54 Å². The predicted molar refractivity (Wildman–Crippen MR) is 82.4 cm³/mol. The molecule has 6 nitrogen and oxygen atoms in total. The van der Waals surface area contributed by atoms with E-state index in [4.69, 9.17) is 11.5 Å². The molecule has 0 radical (unpaired) electrons. The van der Waals surface area contributed by atoms with Crippen molar-refractivity contribution < 1.29 is 4.79 Å². The van der Waals surface area contributed by atoms with Gasteiger partial charge in [0.2, 0.25) is 5.91 Å². The van der Waals surface area contributed by atoms with Gasteiger partial charge in [-0.15, -0.1) is 0 Å². The average Bonchev–Trinajstić information content (AvgIpc) is 2.44. The molecule has 1 aliphatic carbocycles. The lowest BCUT2D eigenvalue weighted by Crippen LogP contribution is -2.43. The minimum Gasteiger partial charge on any atom is -0.370 e. The summed E-state index contributed by atoms with van der Waals surface area (Å²) in [6.07, 6.45) is 7.40. The van der Waals surface area contributed by atoms with Crippen LogP contribution in [0.25, 0.3) is 0 Å². The molecule has 6 heteroatoms. The minimum absolute atomic E-state index is 0.0530. The number of carbonyl (C=O) groups is 1. The summed E-state index contributed by atoms with van der Waals surface area (Å²) in [4.78, 5) is 18.3. The van der Waals surface area contributed by atoms with Crippen LogP contribution in [-0.4, -0.2) is 49.5 Å². The molecule has 0 spiro atoms. The first-order valence-corrected chi connectivity index (χ1v) is 7.64. The van der Waals surface area contributed by atoms with Gasteiger partial charge in [-0.05, 0) is 32.9 Å². The molecule has 0 aliphatic heterocycles. The van der Waals surface area contributed by atoms with Crippen LogP contribution in [0.5, 0.6) is 0 Å². The van der Waals surface area contributed by atoms with E-state index in [1.54, 1.807) is 0 Å². The summed E-state index contributed by atoms with van der Waals surface area (Å²) in [5.74, 6) is 0.232. The van der Waals surface area contributed by atoms with Crippen molar-refractivity contribution in [2.75, 3.05) is 26.7 Å². The van der Waals surface area contributed by atoms with Crippen LogP contribution >= 0.6 is 0 Å². The van der Waals surface area contributed by atoms with Gasteiger partial charge in [0, 0.05) is 19.0 Å². The van der Waals surface area contributed by atoms with E-state index in [-0.39, 0.29) is 11.9 Å². The van der Waals surface area contributed by atoms with Gasteiger partial charge in [-0.25, -0.2) is 0 Å². The number of hydrogen-bond acceptors (Lipinski definition) is 3. The van der Waals surface area contributed by atoms with E-state index in [1.165, 1.54) is 19.3 Å². The van der Waals surface area contributed by atoms with E-state index in [1.807, 2.05) is 7.05 Å². The third kappa shape index (κ3) is 6.23. The van der Waals surface area contributed by atoms with Gasteiger partial charge in [-0.2, -0.15) is 0 Å². The molecule has 1 rings (SSSR count). The number of hydrogen-bond donors (Lipinski definition) is 3. The molecular formula is C14H29N5O. The molecule has 1 aliphatic rings. The summed E-state index contributed by atoms with van der Waals surface area (Å²) in [7, 11) is 1.94. The summed E-state index contributed by atoms with van der Waals surface area (Å²) in [5.41, 5.74) is 10.6. The number of nitrogens with two attached hydrogens (primary N) is 2. The third-order valence-electron chi connectivity index (χ3n) is 3.78. The molecule has 0 heterocycles. The molecule has 0 aromatic rings. The highest BCUT2D eigenvalue weighted by atomic mass is 16.2. The number of rotatable bonds is 8. The lowest BCUT2D eigenvalue weighted by atomic mass is 9.94. The van der Waals surface area contributed by atoms with Gasteiger partial charge in [-0.1, -0.05) is 19.3 Å². The number of guanidine groups is 1. The summed E-state index contributed by atoms with van der Waals surface area (Å²) in [5, 5.41) is 3.13. The van der Waals surface area contributed by atoms with Crippen molar-refractivity contribution in [1.82, 2.24) is 10.2 Å². The van der Waals surface area contributed by atoms with Gasteiger partial charge in [0.1, 0.15) is 0 Å². The van der Waals surface area contributed by atoms with E-state index in [0.29, 0.717) is 19.0 Å². The van der Waals surface area contributed by atoms with Crippen LogP contribution in [0.15, 0.2) is 4.99 Å². The Kier molecular flexibility index (Phi) is 8.02. The Hall–Kier alpha value is -1.30. The fourth-order valence-electron chi connectivity index (χ4n) is 2.75. The van der Waals surface area contributed by atoms with Crippen molar-refractivity contribution in [3.63, 3.8) is 0 Å². The molecular weight excluding hydrogens is 254 g/mol. The molecule has 0 atom stereocenters. The second-order valence-corrected chi connectivity index (χ2v) is 5.39. The van der Waals surface area contributed by atoms with Crippen molar-refractivity contribution in [2.24, 2.45) is 16.5 Å². The molecule has 1 saturated carbocycles. The van der Waals surface area contributed by atoms with Gasteiger partial charge in [0.15, 0.2) is 5.96 Å². The molecule has 1 amide bonds. The summed E-state index contributed by atoms with van der Waals surface area (Å²) >= 11 is 0. The highest BCUT2D eigenvalue weighted by Gasteiger charge is 2.24. The molecule has 116 valence electrons. The molecule has 20 heavy (non-hydrogen) atoms.